The molecule has 0 aromatic heterocycles. The van der Waals surface area contributed by atoms with Crippen LogP contribution in [-0.2, 0) is 23.9 Å². The van der Waals surface area contributed by atoms with Crippen LogP contribution in [0.2, 0.25) is 0 Å². The van der Waals surface area contributed by atoms with Crippen LogP contribution in [0.4, 0.5) is 4.79 Å². The largest absolute Gasteiger partial charge is 0.466 e. The number of amides is 3. The van der Waals surface area contributed by atoms with Crippen LogP contribution in [-0.4, -0.2) is 60.1 Å². The van der Waals surface area contributed by atoms with E-state index < -0.39 is 35.7 Å². The van der Waals surface area contributed by atoms with Crippen molar-refractivity contribution in [3.05, 3.63) is 35.4 Å². The first kappa shape index (κ1) is 37.5. The number of benzene rings is 1. The number of terminal acetylenes is 1. The number of esters is 1. The number of carbonyl (C=O) groups is 4. The molecule has 2 unspecified atom stereocenters. The molecule has 1 aromatic rings. The van der Waals surface area contributed by atoms with E-state index in [1.165, 1.54) is 0 Å². The molecule has 1 rings (SSSR count). The fourth-order valence-electron chi connectivity index (χ4n) is 4.62. The Kier molecular flexibility index (Phi) is 17.1. The average Bonchev–Trinajstić information content (AvgIpc) is 2.92. The van der Waals surface area contributed by atoms with Crippen molar-refractivity contribution in [2.45, 2.75) is 118 Å². The number of nitrogens with one attached hydrogen (secondary N) is 2. The Hall–Kier alpha value is -3.54. The standard InChI is InChI=1S/C34H53N3O6/c1-9-12-13-14-15-16-23-37(32(40)28(24-25(4)5)36-33(41)43-34(6,7)8)30(27-19-17-26(10-2)18-20-27)31(39)35-22-21-29(38)42-11-3/h2,17-20,25,28,30H,9,11-16,21-24H2,1,3-8H3,(H,35,39)(H,36,41). The summed E-state index contributed by atoms with van der Waals surface area (Å²) in [6, 6.07) is 5.02. The van der Waals surface area contributed by atoms with E-state index in [-0.39, 0.29) is 31.4 Å². The van der Waals surface area contributed by atoms with Gasteiger partial charge in [0.2, 0.25) is 11.8 Å². The van der Waals surface area contributed by atoms with E-state index in [2.05, 4.69) is 23.5 Å². The SMILES string of the molecule is C#Cc1ccc(C(C(=O)NCCC(=O)OCC)N(CCCCCCCC)C(=O)C(CC(C)C)NC(=O)OC(C)(C)C)cc1. The van der Waals surface area contributed by atoms with Gasteiger partial charge in [0.05, 0.1) is 13.0 Å². The van der Waals surface area contributed by atoms with Crippen molar-refractivity contribution in [2.75, 3.05) is 19.7 Å². The molecule has 0 aliphatic carbocycles. The highest BCUT2D eigenvalue weighted by Crippen LogP contribution is 2.25. The summed E-state index contributed by atoms with van der Waals surface area (Å²) in [6.45, 7) is 13.7. The minimum Gasteiger partial charge on any atom is -0.466 e. The fourth-order valence-corrected chi connectivity index (χ4v) is 4.62. The number of nitrogens with zero attached hydrogens (tertiary/aromatic N) is 1. The molecular weight excluding hydrogens is 546 g/mol. The third kappa shape index (κ3) is 15.0. The molecule has 1 aromatic carbocycles. The van der Waals surface area contributed by atoms with E-state index >= 15 is 0 Å². The maximum atomic E-state index is 14.3. The van der Waals surface area contributed by atoms with Crippen LogP contribution < -0.4 is 10.6 Å². The molecule has 0 bridgehead atoms. The number of ether oxygens (including phenoxy) is 2. The Balaban J connectivity index is 3.46. The van der Waals surface area contributed by atoms with Gasteiger partial charge >= 0.3 is 12.1 Å². The molecule has 0 saturated carbocycles. The second kappa shape index (κ2) is 19.6. The summed E-state index contributed by atoms with van der Waals surface area (Å²) in [5.41, 5.74) is 0.476. The molecule has 2 N–H and O–H groups in total. The normalized spacial score (nSPS) is 12.5. The lowest BCUT2D eigenvalue weighted by Crippen LogP contribution is -2.53. The predicted octanol–water partition coefficient (Wildman–Crippen LogP) is 5.91. The van der Waals surface area contributed by atoms with Crippen LogP contribution in [0.25, 0.3) is 0 Å². The average molecular weight is 600 g/mol. The van der Waals surface area contributed by atoms with Crippen molar-refractivity contribution in [1.82, 2.24) is 15.5 Å². The zero-order chi connectivity index (χ0) is 32.4. The van der Waals surface area contributed by atoms with E-state index in [9.17, 15) is 19.2 Å². The maximum absolute atomic E-state index is 14.3. The molecule has 0 saturated heterocycles. The first-order chi connectivity index (χ1) is 20.3. The molecule has 0 spiro atoms. The van der Waals surface area contributed by atoms with E-state index in [1.54, 1.807) is 56.9 Å². The summed E-state index contributed by atoms with van der Waals surface area (Å²) in [7, 11) is 0. The van der Waals surface area contributed by atoms with Crippen molar-refractivity contribution in [3.8, 4) is 12.3 Å². The number of carbonyl (C=O) groups excluding carboxylic acids is 4. The van der Waals surface area contributed by atoms with Gasteiger partial charge in [0.15, 0.2) is 0 Å². The van der Waals surface area contributed by atoms with Gasteiger partial charge in [-0.25, -0.2) is 4.79 Å². The Bertz CT molecular complexity index is 1060. The summed E-state index contributed by atoms with van der Waals surface area (Å²) in [6.07, 6.45) is 11.2. The van der Waals surface area contributed by atoms with Crippen LogP contribution in [0.3, 0.4) is 0 Å². The van der Waals surface area contributed by atoms with Crippen molar-refractivity contribution in [1.29, 1.82) is 0 Å². The van der Waals surface area contributed by atoms with Gasteiger partial charge in [-0.05, 0) is 64.2 Å². The minimum absolute atomic E-state index is 0.00385. The lowest BCUT2D eigenvalue weighted by molar-refractivity contribution is -0.144. The molecule has 3 amide bonds. The molecule has 43 heavy (non-hydrogen) atoms. The predicted molar refractivity (Wildman–Crippen MR) is 169 cm³/mol. The van der Waals surface area contributed by atoms with Gasteiger partial charge in [-0.2, -0.15) is 0 Å². The van der Waals surface area contributed by atoms with Crippen molar-refractivity contribution in [3.63, 3.8) is 0 Å². The number of hydrogen-bond acceptors (Lipinski definition) is 6. The summed E-state index contributed by atoms with van der Waals surface area (Å²) in [5, 5.41) is 5.59. The molecule has 0 heterocycles. The van der Waals surface area contributed by atoms with E-state index in [0.717, 1.165) is 32.1 Å². The van der Waals surface area contributed by atoms with Crippen LogP contribution >= 0.6 is 0 Å². The molecule has 240 valence electrons. The number of unbranched alkanes of at least 4 members (excludes halogenated alkanes) is 5. The van der Waals surface area contributed by atoms with Gasteiger partial charge in [0.1, 0.15) is 17.7 Å². The van der Waals surface area contributed by atoms with Gasteiger partial charge < -0.3 is 25.0 Å². The molecule has 0 radical (unpaired) electrons. The summed E-state index contributed by atoms with van der Waals surface area (Å²) in [5.74, 6) is 1.43. The highest BCUT2D eigenvalue weighted by Gasteiger charge is 2.36. The molecule has 9 heteroatoms. The number of alkyl carbamates (subject to hydrolysis) is 1. The summed E-state index contributed by atoms with van der Waals surface area (Å²) < 4.78 is 10.5. The first-order valence-electron chi connectivity index (χ1n) is 15.6. The maximum Gasteiger partial charge on any atom is 0.408 e. The summed E-state index contributed by atoms with van der Waals surface area (Å²) >= 11 is 0. The zero-order valence-corrected chi connectivity index (χ0v) is 27.3. The molecule has 9 nitrogen and oxygen atoms in total. The molecule has 0 aliphatic heterocycles. The Morgan fingerprint density at radius 1 is 0.977 bits per heavy atom. The number of rotatable bonds is 18. The summed E-state index contributed by atoms with van der Waals surface area (Å²) in [4.78, 5) is 54.4. The monoisotopic (exact) mass is 599 g/mol. The molecular formula is C34H53N3O6. The van der Waals surface area contributed by atoms with Crippen LogP contribution in [0, 0.1) is 18.3 Å². The van der Waals surface area contributed by atoms with Crippen LogP contribution in [0.1, 0.15) is 117 Å². The highest BCUT2D eigenvalue weighted by molar-refractivity contribution is 5.92. The van der Waals surface area contributed by atoms with Gasteiger partial charge in [0, 0.05) is 18.7 Å². The van der Waals surface area contributed by atoms with Crippen LogP contribution in [0.15, 0.2) is 24.3 Å². The van der Waals surface area contributed by atoms with Crippen molar-refractivity contribution < 1.29 is 28.7 Å². The first-order valence-corrected chi connectivity index (χ1v) is 15.6. The third-order valence-electron chi connectivity index (χ3n) is 6.62. The highest BCUT2D eigenvalue weighted by atomic mass is 16.6. The molecule has 0 aliphatic rings. The topological polar surface area (TPSA) is 114 Å². The lowest BCUT2D eigenvalue weighted by Gasteiger charge is -2.35. The van der Waals surface area contributed by atoms with Crippen molar-refractivity contribution in [2.24, 2.45) is 5.92 Å². The lowest BCUT2D eigenvalue weighted by atomic mass is 9.98. The quantitative estimate of drug-likeness (QED) is 0.123. The Morgan fingerprint density at radius 2 is 1.60 bits per heavy atom. The van der Waals surface area contributed by atoms with E-state index in [0.29, 0.717) is 30.5 Å². The Labute approximate surface area is 258 Å². The smallest absolute Gasteiger partial charge is 0.408 e. The van der Waals surface area contributed by atoms with Crippen molar-refractivity contribution >= 4 is 23.9 Å². The third-order valence-corrected chi connectivity index (χ3v) is 6.62. The Morgan fingerprint density at radius 3 is 2.16 bits per heavy atom. The molecule has 2 atom stereocenters. The van der Waals surface area contributed by atoms with Gasteiger partial charge in [-0.3, -0.25) is 14.4 Å². The second-order valence-corrected chi connectivity index (χ2v) is 12.1. The van der Waals surface area contributed by atoms with Gasteiger partial charge in [-0.1, -0.05) is 70.9 Å². The van der Waals surface area contributed by atoms with E-state index in [4.69, 9.17) is 15.9 Å². The number of hydrogen-bond donors (Lipinski definition) is 2. The fraction of sp³-hybridized carbons (Fsp3) is 0.647. The van der Waals surface area contributed by atoms with Gasteiger partial charge in [-0.15, -0.1) is 6.42 Å². The van der Waals surface area contributed by atoms with Gasteiger partial charge in [0.25, 0.3) is 0 Å². The minimum atomic E-state index is -1.01. The van der Waals surface area contributed by atoms with Crippen LogP contribution in [0.5, 0.6) is 0 Å². The van der Waals surface area contributed by atoms with E-state index in [1.807, 2.05) is 13.8 Å². The molecule has 0 fully saturated rings. The zero-order valence-electron chi connectivity index (χ0n) is 27.3. The second-order valence-electron chi connectivity index (χ2n) is 12.1.